The van der Waals surface area contributed by atoms with E-state index in [4.69, 9.17) is 9.47 Å². The quantitative estimate of drug-likeness (QED) is 0.353. The number of hydrogen-bond acceptors (Lipinski definition) is 8. The molecule has 4 fully saturated rings. The summed E-state index contributed by atoms with van der Waals surface area (Å²) in [6.07, 6.45) is 1.94. The minimum atomic E-state index is -1.43. The Labute approximate surface area is 187 Å². The molecule has 4 bridgehead atoms. The lowest BCUT2D eigenvalue weighted by molar-refractivity contribution is -0.368. The molecule has 0 N–H and O–H groups in total. The number of hydrogen-bond donors (Lipinski definition) is 0. The first-order valence-electron chi connectivity index (χ1n) is 11.0. The van der Waals surface area contributed by atoms with Crippen LogP contribution in [0, 0.1) is 28.1 Å². The molecule has 32 heavy (non-hydrogen) atoms. The lowest BCUT2D eigenvalue weighted by Gasteiger charge is -2.73. The smallest absolute Gasteiger partial charge is 0.333 e. The van der Waals surface area contributed by atoms with Gasteiger partial charge < -0.3 is 29.3 Å². The highest BCUT2D eigenvalue weighted by atomic mass is 16.5. The predicted molar refractivity (Wildman–Crippen MR) is 108 cm³/mol. The molecule has 0 unspecified atom stereocenters. The minimum Gasteiger partial charge on any atom is -0.550 e. The van der Waals surface area contributed by atoms with E-state index < -0.39 is 40.1 Å². The molecule has 0 aromatic carbocycles. The van der Waals surface area contributed by atoms with Crippen molar-refractivity contribution in [3.8, 4) is 0 Å². The van der Waals surface area contributed by atoms with Crippen molar-refractivity contribution < 1.29 is 38.9 Å². The van der Waals surface area contributed by atoms with Crippen molar-refractivity contribution in [1.29, 1.82) is 0 Å². The third-order valence-electron chi connectivity index (χ3n) is 8.05. The van der Waals surface area contributed by atoms with E-state index in [2.05, 4.69) is 13.2 Å². The van der Waals surface area contributed by atoms with Crippen LogP contribution in [0.3, 0.4) is 0 Å². The third-order valence-corrected chi connectivity index (χ3v) is 8.05. The molecule has 0 spiro atoms. The largest absolute Gasteiger partial charge is 0.550 e. The Bertz CT molecular complexity index is 787. The zero-order valence-corrected chi connectivity index (χ0v) is 18.7. The normalized spacial score (nSPS) is 31.6. The molecule has 176 valence electrons. The number of aliphatic carboxylic acids is 2. The van der Waals surface area contributed by atoms with Crippen LogP contribution in [0.25, 0.3) is 0 Å². The van der Waals surface area contributed by atoms with Gasteiger partial charge in [0.1, 0.15) is 0 Å². The Hall–Kier alpha value is -2.64. The number of esters is 2. The molecule has 0 radical (unpaired) electrons. The monoisotopic (exact) mass is 446 g/mol. The molecule has 4 aliphatic rings. The second-order valence-electron chi connectivity index (χ2n) is 9.94. The molecule has 4 saturated carbocycles. The maximum absolute atomic E-state index is 12.7. The molecule has 4 aliphatic carbocycles. The van der Waals surface area contributed by atoms with E-state index in [0.717, 1.165) is 6.42 Å². The average Bonchev–Trinajstić information content (AvgIpc) is 2.69. The fourth-order valence-electron chi connectivity index (χ4n) is 7.01. The standard InChI is InChI=1S/C24H32O8/c1-14(2)18(25)31-7-5-24(6-8-32-19(26)15(3)4)22(20(27)28)10-16-9-17(12-22)13-23(24,11-16)21(29)30/h16-17H,1,3,5-13H2,2,4H3,(H,27,28)(H,29,30)/p-2. The molecule has 0 atom stereocenters. The van der Waals surface area contributed by atoms with E-state index in [-0.39, 0.29) is 49.0 Å². The highest BCUT2D eigenvalue weighted by Gasteiger charge is 2.72. The van der Waals surface area contributed by atoms with E-state index in [0.29, 0.717) is 25.7 Å². The molecule has 0 aliphatic heterocycles. The van der Waals surface area contributed by atoms with Gasteiger partial charge in [0.2, 0.25) is 0 Å². The van der Waals surface area contributed by atoms with Crippen LogP contribution in [0.2, 0.25) is 0 Å². The lowest BCUT2D eigenvalue weighted by Crippen LogP contribution is -2.74. The number of ether oxygens (including phenoxy) is 2. The number of carbonyl (C=O) groups is 4. The van der Waals surface area contributed by atoms with Gasteiger partial charge in [0.05, 0.1) is 13.2 Å². The zero-order chi connectivity index (χ0) is 23.9. The van der Waals surface area contributed by atoms with Crippen molar-refractivity contribution in [2.24, 2.45) is 28.1 Å². The topological polar surface area (TPSA) is 133 Å². The first-order valence-corrected chi connectivity index (χ1v) is 11.0. The number of carboxylic acids is 2. The van der Waals surface area contributed by atoms with E-state index in [1.165, 1.54) is 13.8 Å². The van der Waals surface area contributed by atoms with Gasteiger partial charge in [0.25, 0.3) is 0 Å². The van der Waals surface area contributed by atoms with Crippen molar-refractivity contribution in [2.45, 2.75) is 58.8 Å². The summed E-state index contributed by atoms with van der Waals surface area (Å²) in [7, 11) is 0. The second-order valence-corrected chi connectivity index (χ2v) is 9.94. The van der Waals surface area contributed by atoms with Crippen LogP contribution in [0.4, 0.5) is 0 Å². The molecule has 8 nitrogen and oxygen atoms in total. The summed E-state index contributed by atoms with van der Waals surface area (Å²) in [6, 6.07) is 0. The Balaban J connectivity index is 2.03. The van der Waals surface area contributed by atoms with Gasteiger partial charge in [-0.2, -0.15) is 0 Å². The fourth-order valence-corrected chi connectivity index (χ4v) is 7.01. The van der Waals surface area contributed by atoms with Crippen LogP contribution >= 0.6 is 0 Å². The van der Waals surface area contributed by atoms with Gasteiger partial charge in [-0.15, -0.1) is 0 Å². The first kappa shape index (κ1) is 24.0. The Morgan fingerprint density at radius 2 is 1.12 bits per heavy atom. The summed E-state index contributed by atoms with van der Waals surface area (Å²) in [5, 5.41) is 25.4. The molecule has 8 heteroatoms. The first-order chi connectivity index (χ1) is 14.9. The van der Waals surface area contributed by atoms with Crippen molar-refractivity contribution in [3.05, 3.63) is 24.3 Å². The number of carbonyl (C=O) groups excluding carboxylic acids is 4. The summed E-state index contributed by atoms with van der Waals surface area (Å²) in [5.74, 6) is -3.97. The van der Waals surface area contributed by atoms with Crippen LogP contribution in [-0.2, 0) is 28.7 Å². The van der Waals surface area contributed by atoms with Gasteiger partial charge in [-0.05, 0) is 76.0 Å². The van der Waals surface area contributed by atoms with Gasteiger partial charge in [-0.25, -0.2) is 9.59 Å². The lowest BCUT2D eigenvalue weighted by atomic mass is 9.32. The maximum Gasteiger partial charge on any atom is 0.333 e. The minimum absolute atomic E-state index is 0.0158. The molecule has 0 aromatic rings. The van der Waals surface area contributed by atoms with E-state index >= 15 is 0 Å². The summed E-state index contributed by atoms with van der Waals surface area (Å²) in [4.78, 5) is 49.2. The van der Waals surface area contributed by atoms with E-state index in [1.807, 2.05) is 0 Å². The van der Waals surface area contributed by atoms with Crippen LogP contribution in [0.15, 0.2) is 24.3 Å². The molecule has 0 amide bonds. The Morgan fingerprint density at radius 1 is 0.781 bits per heavy atom. The van der Waals surface area contributed by atoms with E-state index in [9.17, 15) is 29.4 Å². The zero-order valence-electron chi connectivity index (χ0n) is 18.7. The van der Waals surface area contributed by atoms with Gasteiger partial charge in [-0.1, -0.05) is 13.2 Å². The summed E-state index contributed by atoms with van der Waals surface area (Å²) in [6.45, 7) is 9.68. The van der Waals surface area contributed by atoms with Gasteiger partial charge in [-0.3, -0.25) is 0 Å². The highest BCUT2D eigenvalue weighted by Crippen LogP contribution is 2.75. The Morgan fingerprint density at radius 3 is 1.41 bits per heavy atom. The predicted octanol–water partition coefficient (Wildman–Crippen LogP) is 0.688. The number of carboxylic acid groups (broad SMARTS) is 2. The summed E-state index contributed by atoms with van der Waals surface area (Å²) in [5.41, 5.74) is -3.84. The molecular weight excluding hydrogens is 416 g/mol. The summed E-state index contributed by atoms with van der Waals surface area (Å²) >= 11 is 0. The molecule has 4 rings (SSSR count). The molecular formula is C24H30O8-2. The molecule has 0 heterocycles. The van der Waals surface area contributed by atoms with Crippen molar-refractivity contribution in [3.63, 3.8) is 0 Å². The maximum atomic E-state index is 12.7. The average molecular weight is 446 g/mol. The van der Waals surface area contributed by atoms with Gasteiger partial charge in [0.15, 0.2) is 0 Å². The second kappa shape index (κ2) is 8.37. The van der Waals surface area contributed by atoms with Gasteiger partial charge >= 0.3 is 11.9 Å². The van der Waals surface area contributed by atoms with E-state index in [1.54, 1.807) is 0 Å². The fraction of sp³-hybridized carbons (Fsp3) is 0.667. The van der Waals surface area contributed by atoms with Crippen molar-refractivity contribution in [1.82, 2.24) is 0 Å². The third kappa shape index (κ3) is 3.53. The highest BCUT2D eigenvalue weighted by molar-refractivity contribution is 5.87. The van der Waals surface area contributed by atoms with Crippen LogP contribution in [0.5, 0.6) is 0 Å². The summed E-state index contributed by atoms with van der Waals surface area (Å²) < 4.78 is 10.5. The number of rotatable bonds is 10. The van der Waals surface area contributed by atoms with Crippen molar-refractivity contribution in [2.75, 3.05) is 13.2 Å². The SMILES string of the molecule is C=C(C)C(=O)OCCC1(CCOC(=O)C(=C)C)C2(C(=O)[O-])CC3CC(C2)CC1(C(=O)[O-])C3. The van der Waals surface area contributed by atoms with Gasteiger partial charge in [0, 0.05) is 33.9 Å². The molecule has 0 aromatic heterocycles. The Kier molecular flexibility index (Phi) is 6.28. The van der Waals surface area contributed by atoms with Crippen molar-refractivity contribution >= 4 is 23.9 Å². The van der Waals surface area contributed by atoms with Crippen LogP contribution < -0.4 is 10.2 Å². The molecule has 0 saturated heterocycles. The van der Waals surface area contributed by atoms with Crippen LogP contribution in [0.1, 0.15) is 58.8 Å². The van der Waals surface area contributed by atoms with Crippen LogP contribution in [-0.4, -0.2) is 37.1 Å².